The van der Waals surface area contributed by atoms with Gasteiger partial charge in [-0.2, -0.15) is 0 Å². The van der Waals surface area contributed by atoms with E-state index in [1.54, 1.807) is 0 Å². The van der Waals surface area contributed by atoms with Gasteiger partial charge in [0.1, 0.15) is 0 Å². The Labute approximate surface area is 103 Å². The molecule has 0 amide bonds. The molecule has 1 fully saturated rings. The summed E-state index contributed by atoms with van der Waals surface area (Å²) >= 11 is 0. The van der Waals surface area contributed by atoms with Crippen LogP contribution in [-0.4, -0.2) is 11.2 Å². The van der Waals surface area contributed by atoms with Crippen LogP contribution in [0, 0.1) is 0 Å². The van der Waals surface area contributed by atoms with Crippen LogP contribution in [0.15, 0.2) is 47.7 Å². The second-order valence-corrected chi connectivity index (χ2v) is 4.66. The van der Waals surface area contributed by atoms with E-state index in [1.807, 2.05) is 6.07 Å². The van der Waals surface area contributed by atoms with Gasteiger partial charge < -0.3 is 5.11 Å². The fourth-order valence-electron chi connectivity index (χ4n) is 2.25. The normalized spacial score (nSPS) is 19.8. The second kappa shape index (κ2) is 6.44. The third kappa shape index (κ3) is 3.89. The lowest BCUT2D eigenvalue weighted by atomic mass is 9.93. The van der Waals surface area contributed by atoms with Gasteiger partial charge in [0.05, 0.1) is 6.10 Å². The van der Waals surface area contributed by atoms with Gasteiger partial charge in [0.15, 0.2) is 0 Å². The van der Waals surface area contributed by atoms with Crippen LogP contribution < -0.4 is 0 Å². The van der Waals surface area contributed by atoms with E-state index in [4.69, 9.17) is 0 Å². The summed E-state index contributed by atoms with van der Waals surface area (Å²) in [5.41, 5.74) is 5.75. The van der Waals surface area contributed by atoms with Crippen molar-refractivity contribution < 1.29 is 5.11 Å². The molecule has 1 nitrogen and oxygen atoms in total. The lowest BCUT2D eigenvalue weighted by Crippen LogP contribution is -2.14. The molecule has 0 spiro atoms. The molecule has 0 aromatic heterocycles. The molecule has 0 saturated heterocycles. The molecule has 0 bridgehead atoms. The van der Waals surface area contributed by atoms with Gasteiger partial charge in [0.25, 0.3) is 0 Å². The van der Waals surface area contributed by atoms with Crippen molar-refractivity contribution >= 4 is 0 Å². The molecule has 1 aliphatic carbocycles. The van der Waals surface area contributed by atoms with E-state index in [9.17, 15) is 5.11 Å². The van der Waals surface area contributed by atoms with Gasteiger partial charge in [-0.3, -0.25) is 0 Å². The first-order chi connectivity index (χ1) is 8.36. The molecule has 1 aromatic rings. The zero-order chi connectivity index (χ0) is 11.9. The van der Waals surface area contributed by atoms with E-state index in [0.29, 0.717) is 0 Å². The molecule has 90 valence electrons. The third-order valence-electron chi connectivity index (χ3n) is 3.28. The lowest BCUT2D eigenvalue weighted by molar-refractivity contribution is 0.179. The Morgan fingerprint density at radius 1 is 1.24 bits per heavy atom. The van der Waals surface area contributed by atoms with Crippen molar-refractivity contribution in [3.8, 4) is 0 Å². The number of aliphatic hydroxyl groups is 1. The summed E-state index contributed by atoms with van der Waals surface area (Å²) < 4.78 is 0. The fourth-order valence-corrected chi connectivity index (χ4v) is 2.25. The van der Waals surface area contributed by atoms with Crippen molar-refractivity contribution in [3.63, 3.8) is 0 Å². The molecular formula is C16H20O. The number of hydrogen-bond donors (Lipinski definition) is 1. The number of rotatable bonds is 3. The zero-order valence-corrected chi connectivity index (χ0v) is 10.2. The summed E-state index contributed by atoms with van der Waals surface area (Å²) in [5.74, 6) is 0. The largest absolute Gasteiger partial charge is 0.388 e. The molecule has 1 unspecified atom stereocenters. The quantitative estimate of drug-likeness (QED) is 0.783. The van der Waals surface area contributed by atoms with Crippen molar-refractivity contribution in [2.45, 2.75) is 44.6 Å². The summed E-state index contributed by atoms with van der Waals surface area (Å²) in [6.07, 6.45) is 8.17. The maximum Gasteiger partial charge on any atom is 0.0823 e. The van der Waals surface area contributed by atoms with Gasteiger partial charge >= 0.3 is 0 Å². The lowest BCUT2D eigenvalue weighted by Gasteiger charge is -2.18. The van der Waals surface area contributed by atoms with E-state index < -0.39 is 0 Å². The molecule has 1 aliphatic rings. The highest BCUT2D eigenvalue weighted by Crippen LogP contribution is 2.22. The molecule has 1 atom stereocenters. The first-order valence-electron chi connectivity index (χ1n) is 6.52. The van der Waals surface area contributed by atoms with E-state index in [-0.39, 0.29) is 6.10 Å². The number of aliphatic hydroxyl groups excluding tert-OH is 1. The van der Waals surface area contributed by atoms with E-state index in [0.717, 1.165) is 37.7 Å². The smallest absolute Gasteiger partial charge is 0.0823 e. The highest BCUT2D eigenvalue weighted by atomic mass is 16.3. The van der Waals surface area contributed by atoms with Crippen molar-refractivity contribution in [1.29, 1.82) is 0 Å². The highest BCUT2D eigenvalue weighted by molar-refractivity contribution is 5.16. The van der Waals surface area contributed by atoms with Gasteiger partial charge in [-0.25, -0.2) is 0 Å². The highest BCUT2D eigenvalue weighted by Gasteiger charge is 2.14. The summed E-state index contributed by atoms with van der Waals surface area (Å²) in [5, 5.41) is 9.77. The van der Waals surface area contributed by atoms with Crippen molar-refractivity contribution in [3.05, 3.63) is 53.3 Å². The second-order valence-electron chi connectivity index (χ2n) is 4.66. The predicted octanol–water partition coefficient (Wildman–Crippen LogP) is 3.64. The van der Waals surface area contributed by atoms with Crippen LogP contribution >= 0.6 is 0 Å². The van der Waals surface area contributed by atoms with Crippen molar-refractivity contribution in [1.82, 2.24) is 0 Å². The third-order valence-corrected chi connectivity index (χ3v) is 3.28. The minimum absolute atomic E-state index is 0.239. The van der Waals surface area contributed by atoms with Crippen LogP contribution in [0.1, 0.15) is 37.7 Å². The Morgan fingerprint density at radius 2 is 2.06 bits per heavy atom. The molecular weight excluding hydrogens is 208 g/mol. The molecule has 0 heterocycles. The Hall–Kier alpha value is -1.30. The van der Waals surface area contributed by atoms with Gasteiger partial charge in [0, 0.05) is 0 Å². The van der Waals surface area contributed by atoms with Crippen LogP contribution in [0.2, 0.25) is 0 Å². The summed E-state index contributed by atoms with van der Waals surface area (Å²) in [4.78, 5) is 0. The van der Waals surface area contributed by atoms with Crippen molar-refractivity contribution in [2.24, 2.45) is 0 Å². The molecule has 1 N–H and O–H groups in total. The average molecular weight is 228 g/mol. The molecule has 2 rings (SSSR count). The molecule has 1 saturated carbocycles. The van der Waals surface area contributed by atoms with E-state index >= 15 is 0 Å². The maximum absolute atomic E-state index is 9.77. The molecule has 0 aliphatic heterocycles. The topological polar surface area (TPSA) is 20.2 Å². The first kappa shape index (κ1) is 12.2. The minimum Gasteiger partial charge on any atom is -0.388 e. The molecule has 0 radical (unpaired) electrons. The zero-order valence-electron chi connectivity index (χ0n) is 10.2. The van der Waals surface area contributed by atoms with Crippen LogP contribution in [0.25, 0.3) is 0 Å². The summed E-state index contributed by atoms with van der Waals surface area (Å²) in [6, 6.07) is 10.5. The molecule has 1 aromatic carbocycles. The van der Waals surface area contributed by atoms with E-state index in [2.05, 4.69) is 36.1 Å². The van der Waals surface area contributed by atoms with Crippen molar-refractivity contribution in [2.75, 3.05) is 0 Å². The number of hydrogen-bond acceptors (Lipinski definition) is 1. The first-order valence-corrected chi connectivity index (χ1v) is 6.52. The van der Waals surface area contributed by atoms with Gasteiger partial charge in [-0.15, -0.1) is 5.73 Å². The summed E-state index contributed by atoms with van der Waals surface area (Å²) in [7, 11) is 0. The number of benzene rings is 1. The average Bonchev–Trinajstić information content (AvgIpc) is 2.38. The van der Waals surface area contributed by atoms with Crippen LogP contribution in [0.4, 0.5) is 0 Å². The Kier molecular flexibility index (Phi) is 4.61. The standard InChI is InChI=1S/C16H20O/c17-16-13-7-6-12-15(16)11-5-4-10-14-8-2-1-3-9-14/h1-3,5,8-9,16-17H,4,6-7,10,12-13H2. The van der Waals surface area contributed by atoms with Crippen LogP contribution in [0.5, 0.6) is 0 Å². The van der Waals surface area contributed by atoms with Gasteiger partial charge in [0.2, 0.25) is 0 Å². The predicted molar refractivity (Wildman–Crippen MR) is 70.8 cm³/mol. The van der Waals surface area contributed by atoms with E-state index in [1.165, 1.54) is 12.0 Å². The Morgan fingerprint density at radius 3 is 2.82 bits per heavy atom. The summed E-state index contributed by atoms with van der Waals surface area (Å²) in [6.45, 7) is 0. The fraction of sp³-hybridized carbons (Fsp3) is 0.438. The Bertz CT molecular complexity index is 399. The Balaban J connectivity index is 1.86. The number of aryl methyl sites for hydroxylation is 1. The minimum atomic E-state index is -0.239. The van der Waals surface area contributed by atoms with Crippen LogP contribution in [-0.2, 0) is 6.42 Å². The SMILES string of the molecule is OC1CCCCC1=C=CCCc1ccccc1. The van der Waals surface area contributed by atoms with Gasteiger partial charge in [-0.05, 0) is 49.3 Å². The van der Waals surface area contributed by atoms with Crippen LogP contribution in [0.3, 0.4) is 0 Å². The molecule has 1 heteroatoms. The van der Waals surface area contributed by atoms with Gasteiger partial charge in [-0.1, -0.05) is 36.8 Å². The maximum atomic E-state index is 9.77. The molecule has 17 heavy (non-hydrogen) atoms. The monoisotopic (exact) mass is 228 g/mol.